The molecule has 0 spiro atoms. The molecule has 0 aliphatic rings. The maximum Gasteiger partial charge on any atom is 0.234 e. The molecular formula is C22H24Cl2N4O2S. The largest absolute Gasteiger partial charge is 0.484 e. The Balaban J connectivity index is 1.59. The van der Waals surface area contributed by atoms with Crippen molar-refractivity contribution in [3.63, 3.8) is 0 Å². The molecule has 0 unspecified atom stereocenters. The van der Waals surface area contributed by atoms with Crippen molar-refractivity contribution in [3.8, 4) is 5.75 Å². The second kappa shape index (κ2) is 10.9. The summed E-state index contributed by atoms with van der Waals surface area (Å²) in [6.45, 7) is 4.36. The third-order valence-electron chi connectivity index (χ3n) is 4.77. The lowest BCUT2D eigenvalue weighted by atomic mass is 10.0. The summed E-state index contributed by atoms with van der Waals surface area (Å²) < 4.78 is 7.53. The van der Waals surface area contributed by atoms with Crippen molar-refractivity contribution >= 4 is 46.6 Å². The van der Waals surface area contributed by atoms with Crippen LogP contribution < -0.4 is 10.1 Å². The molecule has 1 heterocycles. The number of hydrogen-bond acceptors (Lipinski definition) is 5. The van der Waals surface area contributed by atoms with Crippen LogP contribution in [-0.2, 0) is 31.3 Å². The summed E-state index contributed by atoms with van der Waals surface area (Å²) in [5.41, 5.74) is 3.19. The van der Waals surface area contributed by atoms with Gasteiger partial charge in [-0.1, -0.05) is 67.0 Å². The number of nitrogens with zero attached hydrogens (tertiary/aromatic N) is 3. The Bertz CT molecular complexity index is 1050. The smallest absolute Gasteiger partial charge is 0.234 e. The van der Waals surface area contributed by atoms with Crippen LogP contribution in [0.4, 0.5) is 5.69 Å². The van der Waals surface area contributed by atoms with Crippen molar-refractivity contribution in [2.24, 2.45) is 7.05 Å². The highest BCUT2D eigenvalue weighted by Gasteiger charge is 2.15. The minimum absolute atomic E-state index is 0.0747. The number of rotatable bonds is 9. The first kappa shape index (κ1) is 23.4. The van der Waals surface area contributed by atoms with E-state index in [2.05, 4.69) is 29.4 Å². The third kappa shape index (κ3) is 5.93. The van der Waals surface area contributed by atoms with Gasteiger partial charge in [0.1, 0.15) is 12.4 Å². The predicted octanol–water partition coefficient (Wildman–Crippen LogP) is 5.56. The average molecular weight is 479 g/mol. The Hall–Kier alpha value is -2.22. The fourth-order valence-electron chi connectivity index (χ4n) is 3.04. The molecule has 9 heteroatoms. The number of carbonyl (C=O) groups excluding carboxylic acids is 1. The number of thioether (sulfide) groups is 1. The summed E-state index contributed by atoms with van der Waals surface area (Å²) in [6, 6.07) is 11.2. The van der Waals surface area contributed by atoms with Crippen molar-refractivity contribution in [1.82, 2.24) is 14.8 Å². The van der Waals surface area contributed by atoms with Crippen LogP contribution in [0.1, 0.15) is 30.8 Å². The number of amides is 1. The number of ether oxygens (including phenoxy) is 1. The normalized spacial score (nSPS) is 10.9. The van der Waals surface area contributed by atoms with Gasteiger partial charge < -0.3 is 14.6 Å². The fraction of sp³-hybridized carbons (Fsp3) is 0.318. The van der Waals surface area contributed by atoms with Crippen molar-refractivity contribution in [2.75, 3.05) is 11.1 Å². The van der Waals surface area contributed by atoms with Crippen molar-refractivity contribution in [2.45, 2.75) is 38.5 Å². The standard InChI is InChI=1S/C22H24Cl2N4O2S/c1-4-14-7-6-8-15(5-2)21(14)25-20(29)13-31-22-27-26-19(28(22)3)12-30-18-10-9-16(23)11-17(18)24/h6-11H,4-5,12-13H2,1-3H3,(H,25,29). The molecule has 0 bridgehead atoms. The van der Waals surface area contributed by atoms with Crippen molar-refractivity contribution < 1.29 is 9.53 Å². The first-order chi connectivity index (χ1) is 14.9. The van der Waals surface area contributed by atoms with Gasteiger partial charge in [-0.05, 0) is 42.2 Å². The van der Waals surface area contributed by atoms with Gasteiger partial charge in [0.15, 0.2) is 11.0 Å². The van der Waals surface area contributed by atoms with E-state index in [-0.39, 0.29) is 18.3 Å². The zero-order chi connectivity index (χ0) is 22.4. The van der Waals surface area contributed by atoms with Crippen LogP contribution >= 0.6 is 35.0 Å². The Labute approximate surface area is 196 Å². The van der Waals surface area contributed by atoms with E-state index in [1.54, 1.807) is 22.8 Å². The Morgan fingerprint density at radius 3 is 2.48 bits per heavy atom. The molecule has 1 amide bonds. The summed E-state index contributed by atoms with van der Waals surface area (Å²) in [5.74, 6) is 1.30. The number of anilines is 1. The highest BCUT2D eigenvalue weighted by atomic mass is 35.5. The number of hydrogen-bond donors (Lipinski definition) is 1. The molecule has 0 aliphatic carbocycles. The van der Waals surface area contributed by atoms with Crippen LogP contribution in [0.5, 0.6) is 5.75 Å². The van der Waals surface area contributed by atoms with Crippen molar-refractivity contribution in [1.29, 1.82) is 0 Å². The van der Waals surface area contributed by atoms with E-state index in [0.29, 0.717) is 26.8 Å². The molecule has 0 fully saturated rings. The van der Waals surface area contributed by atoms with Crippen LogP contribution in [0.2, 0.25) is 10.0 Å². The van der Waals surface area contributed by atoms with Crippen LogP contribution in [0.3, 0.4) is 0 Å². The number of benzene rings is 2. The lowest BCUT2D eigenvalue weighted by molar-refractivity contribution is -0.113. The summed E-state index contributed by atoms with van der Waals surface area (Å²) in [5, 5.41) is 13.0. The summed E-state index contributed by atoms with van der Waals surface area (Å²) in [4.78, 5) is 12.6. The van der Waals surface area contributed by atoms with Gasteiger partial charge in [0, 0.05) is 17.8 Å². The van der Waals surface area contributed by atoms with Gasteiger partial charge in [0.25, 0.3) is 0 Å². The SMILES string of the molecule is CCc1cccc(CC)c1NC(=O)CSc1nnc(COc2ccc(Cl)cc2Cl)n1C. The molecule has 0 aliphatic heterocycles. The van der Waals surface area contributed by atoms with Gasteiger partial charge in [-0.15, -0.1) is 10.2 Å². The molecule has 0 radical (unpaired) electrons. The van der Waals surface area contributed by atoms with Crippen LogP contribution in [-0.4, -0.2) is 26.4 Å². The molecule has 1 N–H and O–H groups in total. The van der Waals surface area contributed by atoms with E-state index in [1.807, 2.05) is 25.2 Å². The molecule has 6 nitrogen and oxygen atoms in total. The number of aromatic nitrogens is 3. The van der Waals surface area contributed by atoms with E-state index in [9.17, 15) is 4.79 Å². The van der Waals surface area contributed by atoms with Crippen LogP contribution in [0.15, 0.2) is 41.6 Å². The summed E-state index contributed by atoms with van der Waals surface area (Å²) in [7, 11) is 1.84. The second-order valence-electron chi connectivity index (χ2n) is 6.82. The van der Waals surface area contributed by atoms with Crippen LogP contribution in [0.25, 0.3) is 0 Å². The van der Waals surface area contributed by atoms with E-state index in [0.717, 1.165) is 29.7 Å². The molecule has 31 heavy (non-hydrogen) atoms. The molecule has 3 aromatic rings. The van der Waals surface area contributed by atoms with Crippen molar-refractivity contribution in [3.05, 3.63) is 63.4 Å². The van der Waals surface area contributed by atoms with E-state index < -0.39 is 0 Å². The zero-order valence-electron chi connectivity index (χ0n) is 17.6. The van der Waals surface area contributed by atoms with E-state index in [1.165, 1.54) is 11.8 Å². The monoisotopic (exact) mass is 478 g/mol. The zero-order valence-corrected chi connectivity index (χ0v) is 19.9. The number of carbonyl (C=O) groups is 1. The summed E-state index contributed by atoms with van der Waals surface area (Å²) in [6.07, 6.45) is 1.72. The third-order valence-corrected chi connectivity index (χ3v) is 6.32. The Morgan fingerprint density at radius 1 is 1.13 bits per heavy atom. The molecule has 0 atom stereocenters. The highest BCUT2D eigenvalue weighted by molar-refractivity contribution is 7.99. The van der Waals surface area contributed by atoms with Gasteiger partial charge in [-0.2, -0.15) is 0 Å². The average Bonchev–Trinajstić information content (AvgIpc) is 3.11. The number of para-hydroxylation sites is 1. The lowest BCUT2D eigenvalue weighted by Crippen LogP contribution is -2.17. The van der Waals surface area contributed by atoms with Gasteiger partial charge in [0.05, 0.1) is 10.8 Å². The maximum atomic E-state index is 12.6. The van der Waals surface area contributed by atoms with E-state index in [4.69, 9.17) is 27.9 Å². The minimum Gasteiger partial charge on any atom is -0.484 e. The minimum atomic E-state index is -0.0747. The second-order valence-corrected chi connectivity index (χ2v) is 8.60. The molecule has 3 rings (SSSR count). The molecule has 164 valence electrons. The maximum absolute atomic E-state index is 12.6. The number of aryl methyl sites for hydroxylation is 2. The molecular weight excluding hydrogens is 455 g/mol. The molecule has 0 saturated heterocycles. The van der Waals surface area contributed by atoms with E-state index >= 15 is 0 Å². The quantitative estimate of drug-likeness (QED) is 0.407. The Morgan fingerprint density at radius 2 is 1.84 bits per heavy atom. The Kier molecular flexibility index (Phi) is 8.23. The molecule has 2 aromatic carbocycles. The number of halogens is 2. The fourth-order valence-corrected chi connectivity index (χ4v) is 4.23. The topological polar surface area (TPSA) is 69.0 Å². The van der Waals surface area contributed by atoms with Crippen LogP contribution in [0, 0.1) is 0 Å². The van der Waals surface area contributed by atoms with Gasteiger partial charge in [-0.25, -0.2) is 0 Å². The first-order valence-electron chi connectivity index (χ1n) is 9.92. The number of nitrogens with one attached hydrogen (secondary N) is 1. The highest BCUT2D eigenvalue weighted by Crippen LogP contribution is 2.28. The molecule has 1 aromatic heterocycles. The summed E-state index contributed by atoms with van der Waals surface area (Å²) >= 11 is 13.4. The first-order valence-corrected chi connectivity index (χ1v) is 11.7. The molecule has 0 saturated carbocycles. The van der Waals surface area contributed by atoms with Gasteiger partial charge >= 0.3 is 0 Å². The predicted molar refractivity (Wildman–Crippen MR) is 126 cm³/mol. The lowest BCUT2D eigenvalue weighted by Gasteiger charge is -2.14. The van der Waals surface area contributed by atoms with Gasteiger partial charge in [0.2, 0.25) is 5.91 Å². The van der Waals surface area contributed by atoms with Gasteiger partial charge in [-0.3, -0.25) is 4.79 Å².